The second-order valence-corrected chi connectivity index (χ2v) is 20.5. The average molecular weight is 1270 g/mol. The minimum Gasteiger partial charge on any atom is -0.505 e. The van der Waals surface area contributed by atoms with E-state index in [2.05, 4.69) is 32.1 Å². The number of aromatic nitrogens is 4. The van der Waals surface area contributed by atoms with E-state index in [1.807, 2.05) is 157 Å². The Morgan fingerprint density at radius 1 is 0.671 bits per heavy atom. The summed E-state index contributed by atoms with van der Waals surface area (Å²) in [5.41, 5.74) is 10.0. The van der Waals surface area contributed by atoms with Gasteiger partial charge in [0.2, 0.25) is 11.9 Å². The number of hydrogen-bond donors (Lipinski definition) is 4. The molecule has 25 heteroatoms. The zero-order valence-electron chi connectivity index (χ0n) is 47.6. The number of ether oxygens (including phenoxy) is 5. The van der Waals surface area contributed by atoms with Gasteiger partial charge in [-0.05, 0) is 80.7 Å². The Bertz CT molecular complexity index is 2500. The molecule has 2 aromatic heterocycles. The van der Waals surface area contributed by atoms with Crippen molar-refractivity contribution in [2.24, 2.45) is 11.7 Å². The number of rotatable bonds is 19. The molecule has 85 heavy (non-hydrogen) atoms. The second kappa shape index (κ2) is 46.2. The number of aliphatic hydroxyl groups is 1. The summed E-state index contributed by atoms with van der Waals surface area (Å²) in [7, 11) is 2.00. The van der Waals surface area contributed by atoms with E-state index in [1.165, 1.54) is 49.3 Å². The van der Waals surface area contributed by atoms with Crippen LogP contribution in [0.25, 0.3) is 0 Å². The maximum absolute atomic E-state index is 10.7. The molecule has 0 radical (unpaired) electrons. The fraction of sp³-hybridized carbons (Fsp3) is 0.483. The number of aromatic hydroxyl groups is 1. The van der Waals surface area contributed by atoms with Gasteiger partial charge in [-0.1, -0.05) is 121 Å². The van der Waals surface area contributed by atoms with E-state index in [0.717, 1.165) is 54.2 Å². The Kier molecular flexibility index (Phi) is 47.8. The monoisotopic (exact) mass is 1270 g/mol. The van der Waals surface area contributed by atoms with E-state index in [4.69, 9.17) is 56.6 Å². The summed E-state index contributed by atoms with van der Waals surface area (Å²) in [5, 5.41) is 22.6. The molecule has 2 heterocycles. The van der Waals surface area contributed by atoms with Gasteiger partial charge >= 0.3 is 33.0 Å². The van der Waals surface area contributed by atoms with Crippen LogP contribution in [0.15, 0.2) is 128 Å². The van der Waals surface area contributed by atoms with Crippen molar-refractivity contribution in [2.75, 3.05) is 69.2 Å². The molecule has 0 saturated heterocycles. The SMILES string of the molecule is C.C.C.C.CCOC(COCc1ccccc1)OCC.CN(C)/C=C(/C=[N+](C)C)OCc1ccccc1.CO.C[N+](C)=CCl.Cl.F[P-](F)(F)(F)(F)F.N=C(N)C1CC1.Oc1cnc(C2CC2)nc1.c1ccc(COc2cnc(C3CC3)nc2)cc1. The van der Waals surface area contributed by atoms with Gasteiger partial charge in [0.25, 0.3) is 0 Å². The topological polar surface area (TPSA) is 197 Å². The molecular weight excluding hydrogens is 1170 g/mol. The molecular formula is C60H99Cl2F6N9O7P+. The molecule has 3 aliphatic carbocycles. The van der Waals surface area contributed by atoms with Crippen molar-refractivity contribution in [3.8, 4) is 11.5 Å². The van der Waals surface area contributed by atoms with Crippen molar-refractivity contribution >= 4 is 49.5 Å². The van der Waals surface area contributed by atoms with Crippen molar-refractivity contribution in [2.45, 2.75) is 120 Å². The summed E-state index contributed by atoms with van der Waals surface area (Å²) in [6.07, 6.45) is 17.2. The molecule has 3 fully saturated rings. The maximum Gasteiger partial charge on any atom is 0.156 e. The van der Waals surface area contributed by atoms with Gasteiger partial charge < -0.3 is 44.5 Å². The van der Waals surface area contributed by atoms with Gasteiger partial charge in [0.15, 0.2) is 23.5 Å². The predicted molar refractivity (Wildman–Crippen MR) is 339 cm³/mol. The first-order valence-corrected chi connectivity index (χ1v) is 28.1. The van der Waals surface area contributed by atoms with Crippen LogP contribution in [0.3, 0.4) is 0 Å². The average Bonchev–Trinajstić information content (AvgIpc) is 4.32. The molecule has 0 amide bonds. The molecule has 3 saturated carbocycles. The van der Waals surface area contributed by atoms with Gasteiger partial charge in [0, 0.05) is 58.4 Å². The molecule has 3 aliphatic rings. The van der Waals surface area contributed by atoms with Gasteiger partial charge in [-0.25, -0.2) is 29.1 Å². The molecule has 16 nitrogen and oxygen atoms in total. The van der Waals surface area contributed by atoms with E-state index in [-0.39, 0.29) is 54.2 Å². The second-order valence-electron chi connectivity index (χ2n) is 18.4. The fourth-order valence-corrected chi connectivity index (χ4v) is 5.69. The molecule has 5 aromatic rings. The molecule has 486 valence electrons. The van der Waals surface area contributed by atoms with E-state index >= 15 is 0 Å². The summed E-state index contributed by atoms with van der Waals surface area (Å²) in [5.74, 6) is 5.56. The Morgan fingerprint density at radius 3 is 1.34 bits per heavy atom. The Hall–Kier alpha value is -6.00. The van der Waals surface area contributed by atoms with Crippen LogP contribution in [-0.4, -0.2) is 137 Å². The van der Waals surface area contributed by atoms with E-state index < -0.39 is 7.81 Å². The number of benzene rings is 3. The first-order valence-electron chi connectivity index (χ1n) is 25.6. The first-order chi connectivity index (χ1) is 37.7. The van der Waals surface area contributed by atoms with Crippen LogP contribution in [0, 0.1) is 11.3 Å². The van der Waals surface area contributed by atoms with Crippen LogP contribution in [0.1, 0.15) is 122 Å². The quantitative estimate of drug-likeness (QED) is 0.0116. The summed E-state index contributed by atoms with van der Waals surface area (Å²) in [6, 6.07) is 30.3. The number of hydrogen-bond acceptors (Lipinski definition) is 13. The minimum absolute atomic E-state index is 0. The Morgan fingerprint density at radius 2 is 1.04 bits per heavy atom. The zero-order valence-corrected chi connectivity index (χ0v) is 50.1. The summed E-state index contributed by atoms with van der Waals surface area (Å²) >= 11 is 5.14. The summed E-state index contributed by atoms with van der Waals surface area (Å²) < 4.78 is 90.6. The molecule has 8 rings (SSSR count). The minimum atomic E-state index is -10.7. The molecule has 0 bridgehead atoms. The largest absolute Gasteiger partial charge is 0.505 e. The molecule has 0 unspecified atom stereocenters. The smallest absolute Gasteiger partial charge is 0.156 e. The van der Waals surface area contributed by atoms with Crippen LogP contribution in [0.4, 0.5) is 25.2 Å². The molecule has 0 spiro atoms. The normalized spacial score (nSPS) is 13.0. The van der Waals surface area contributed by atoms with Gasteiger partial charge in [0.05, 0.1) is 43.8 Å². The number of amidine groups is 1. The van der Waals surface area contributed by atoms with E-state index in [1.54, 1.807) is 17.0 Å². The number of nitrogens with zero attached hydrogens (tertiary/aromatic N) is 7. The number of nitrogens with two attached hydrogens (primary N) is 1. The third-order valence-electron chi connectivity index (χ3n) is 9.74. The Balaban J connectivity index is -0.000000299. The van der Waals surface area contributed by atoms with Crippen LogP contribution in [-0.2, 0) is 38.8 Å². The fourth-order valence-electron chi connectivity index (χ4n) is 5.69. The summed E-state index contributed by atoms with van der Waals surface area (Å²) in [4.78, 5) is 18.6. The number of nitrogens with one attached hydrogen (secondary N) is 1. The molecule has 5 N–H and O–H groups in total. The van der Waals surface area contributed by atoms with Gasteiger partial charge in [-0.15, -0.1) is 12.4 Å². The maximum atomic E-state index is 9.87. The zero-order chi connectivity index (χ0) is 60.1. The molecule has 0 aliphatic heterocycles. The van der Waals surface area contributed by atoms with Crippen LogP contribution in [0.2, 0.25) is 0 Å². The predicted octanol–water partition coefficient (Wildman–Crippen LogP) is 15.4. The van der Waals surface area contributed by atoms with E-state index in [9.17, 15) is 25.2 Å². The summed E-state index contributed by atoms with van der Waals surface area (Å²) in [6.45, 7) is 7.39. The van der Waals surface area contributed by atoms with Crippen molar-refractivity contribution in [1.82, 2.24) is 24.8 Å². The van der Waals surface area contributed by atoms with Gasteiger partial charge in [0.1, 0.15) is 53.1 Å². The van der Waals surface area contributed by atoms with Crippen LogP contribution >= 0.6 is 31.8 Å². The third-order valence-corrected chi connectivity index (χ3v) is 10.1. The van der Waals surface area contributed by atoms with Crippen molar-refractivity contribution in [3.63, 3.8) is 0 Å². The van der Waals surface area contributed by atoms with E-state index in [0.29, 0.717) is 63.2 Å². The van der Waals surface area contributed by atoms with Crippen molar-refractivity contribution in [3.05, 3.63) is 156 Å². The number of allylic oxidation sites excluding steroid dienone is 1. The third kappa shape index (κ3) is 54.4. The van der Waals surface area contributed by atoms with Gasteiger partial charge in [-0.2, -0.15) is 0 Å². The van der Waals surface area contributed by atoms with Crippen LogP contribution < -0.4 is 10.5 Å². The standard InChI is InChI=1S/C14H14N2O.C14H21N2O.C13H20O3.C7H8N2O.C4H8N2.C3H7ClN.CH4O.4CH4.ClH.F6P/c1-2-4-11(5-3-1)10-17-13-8-15-14(16-9-13)12-6-7-12;1-15(2)10-14(11-16(3)4)17-12-13-8-6-5-7-9-13;1-3-15-13(16-4-2)11-14-10-12-8-6-5-7-9-12;10-6-3-8-7(9-4-6)5-1-2-5;5-4(6)3-1-2-3;1-5(2)3-4;1-2;;;;;;1-7(2,3,4,5)6/h1-5,8-9,12H,6-7,10H2;5-11H,12H2,1-4H3;5-9,13H,3-4,10-11H2,1-2H3;3-5,10H,1-2H2;3H,1-2H2,(H3,5,6);3H,1-2H3;2H,1H3;4*1H4;1H;/q;+1;;;;+1;;;;;;;-1. The van der Waals surface area contributed by atoms with Crippen molar-refractivity contribution in [1.29, 1.82) is 5.41 Å². The first kappa shape index (κ1) is 87.8. The molecule has 0 atom stereocenters. The Labute approximate surface area is 514 Å². The van der Waals surface area contributed by atoms with Crippen molar-refractivity contribution < 1.29 is 68.2 Å². The molecule has 3 aromatic carbocycles. The number of aliphatic hydroxyl groups excluding tert-OH is 1. The number of halogens is 8. The van der Waals surface area contributed by atoms with Gasteiger partial charge in [-0.3, -0.25) is 5.41 Å². The van der Waals surface area contributed by atoms with Crippen LogP contribution in [0.5, 0.6) is 11.5 Å².